The summed E-state index contributed by atoms with van der Waals surface area (Å²) >= 11 is -0.613. The average molecular weight is 243 g/mol. The number of nitriles is 1. The third kappa shape index (κ3) is 2.44. The Bertz CT molecular complexity index is 361. The van der Waals surface area contributed by atoms with Gasteiger partial charge in [0.25, 0.3) is 0 Å². The average Bonchev–Trinajstić information content (AvgIpc) is 2.15. The number of hydrogen-bond acceptors (Lipinski definition) is 4. The molecule has 0 spiro atoms. The van der Waals surface area contributed by atoms with Gasteiger partial charge in [0.1, 0.15) is 0 Å². The first-order valence-electron chi connectivity index (χ1n) is 3.21. The first-order chi connectivity index (χ1) is 6.25. The summed E-state index contributed by atoms with van der Waals surface area (Å²) in [7, 11) is 0. The second-order valence-electron chi connectivity index (χ2n) is 1.98. The van der Waals surface area contributed by atoms with E-state index in [-0.39, 0.29) is 5.69 Å². The minimum atomic E-state index is -0.613. The van der Waals surface area contributed by atoms with E-state index in [0.29, 0.717) is 4.46 Å². The fourth-order valence-corrected chi connectivity index (χ4v) is 1.77. The molecule has 0 aliphatic heterocycles. The molecule has 5 nitrogen and oxygen atoms in total. The second-order valence-corrected chi connectivity index (χ2v) is 3.60. The zero-order chi connectivity index (χ0) is 9.68. The van der Waals surface area contributed by atoms with Crippen LogP contribution in [0.4, 0.5) is 5.69 Å². The van der Waals surface area contributed by atoms with Crippen LogP contribution in [-0.2, 0) is 3.82 Å². The van der Waals surface area contributed by atoms with Crippen molar-refractivity contribution in [2.75, 3.05) is 0 Å². The normalized spacial score (nSPS) is 8.85. The Morgan fingerprint density at radius 2 is 2.23 bits per heavy atom. The molecule has 0 aromatic heterocycles. The van der Waals surface area contributed by atoms with E-state index in [9.17, 15) is 10.1 Å². The van der Waals surface area contributed by atoms with Gasteiger partial charge in [0.15, 0.2) is 0 Å². The molecule has 0 atom stereocenters. The Hall–Kier alpha value is -1.57. The Morgan fingerprint density at radius 1 is 1.54 bits per heavy atom. The molecule has 0 saturated heterocycles. The zero-order valence-corrected chi connectivity index (χ0v) is 8.05. The molecule has 1 aromatic rings. The van der Waals surface area contributed by atoms with Crippen molar-refractivity contribution in [1.29, 1.82) is 5.26 Å². The van der Waals surface area contributed by atoms with Gasteiger partial charge < -0.3 is 0 Å². The molecule has 0 fully saturated rings. The molecule has 0 aliphatic rings. The summed E-state index contributed by atoms with van der Waals surface area (Å²) in [6.07, 6.45) is 1.49. The molecular weight excluding hydrogens is 239 g/mol. The molecule has 0 N–H and O–H groups in total. The van der Waals surface area contributed by atoms with Crippen molar-refractivity contribution in [3.05, 3.63) is 34.4 Å². The molecule has 0 amide bonds. The molecule has 0 bridgehead atoms. The van der Waals surface area contributed by atoms with Gasteiger partial charge >= 0.3 is 80.1 Å². The van der Waals surface area contributed by atoms with Gasteiger partial charge in [0.2, 0.25) is 0 Å². The third-order valence-electron chi connectivity index (χ3n) is 1.23. The van der Waals surface area contributed by atoms with Gasteiger partial charge in [0.05, 0.1) is 0 Å². The van der Waals surface area contributed by atoms with E-state index < -0.39 is 20.2 Å². The van der Waals surface area contributed by atoms with Gasteiger partial charge in [-0.2, -0.15) is 0 Å². The van der Waals surface area contributed by atoms with Gasteiger partial charge in [-0.1, -0.05) is 0 Å². The van der Waals surface area contributed by atoms with Crippen molar-refractivity contribution in [3.63, 3.8) is 0 Å². The van der Waals surface area contributed by atoms with E-state index in [1.807, 2.05) is 0 Å². The second kappa shape index (κ2) is 4.45. The number of para-hydroxylation sites is 1. The van der Waals surface area contributed by atoms with Crippen molar-refractivity contribution in [2.24, 2.45) is 0 Å². The Labute approximate surface area is 80.6 Å². The van der Waals surface area contributed by atoms with Crippen LogP contribution in [0.2, 0.25) is 0 Å². The number of nitrogens with zero attached hydrogens (tertiary/aromatic N) is 2. The van der Waals surface area contributed by atoms with Crippen LogP contribution in [0.5, 0.6) is 0 Å². The number of nitro benzene ring substituents is 1. The van der Waals surface area contributed by atoms with Crippen molar-refractivity contribution in [3.8, 4) is 6.26 Å². The Balaban J connectivity index is 2.92. The molecule has 6 heteroatoms. The van der Waals surface area contributed by atoms with Gasteiger partial charge in [0, 0.05) is 0 Å². The standard InChI is InChI=1S/C7H4N2O3Se/c8-5-12-13-7-4-2-1-3-6(7)9(10)11/h1-4H. The Morgan fingerprint density at radius 3 is 2.85 bits per heavy atom. The van der Waals surface area contributed by atoms with Gasteiger partial charge in [-0.05, 0) is 0 Å². The first-order valence-corrected chi connectivity index (χ1v) is 4.77. The van der Waals surface area contributed by atoms with E-state index in [1.165, 1.54) is 12.3 Å². The topological polar surface area (TPSA) is 76.2 Å². The van der Waals surface area contributed by atoms with E-state index in [2.05, 4.69) is 3.82 Å². The molecule has 0 heterocycles. The summed E-state index contributed by atoms with van der Waals surface area (Å²) in [5, 5.41) is 18.6. The Kier molecular flexibility index (Phi) is 3.26. The van der Waals surface area contributed by atoms with Crippen LogP contribution in [0.25, 0.3) is 0 Å². The first kappa shape index (κ1) is 9.52. The van der Waals surface area contributed by atoms with Crippen molar-refractivity contribution >= 4 is 25.4 Å². The summed E-state index contributed by atoms with van der Waals surface area (Å²) in [5.74, 6) is 0. The molecule has 0 aliphatic carbocycles. The quantitative estimate of drug-likeness (QED) is 0.332. The third-order valence-corrected chi connectivity index (χ3v) is 2.66. The molecule has 1 aromatic carbocycles. The van der Waals surface area contributed by atoms with Crippen molar-refractivity contribution < 1.29 is 8.74 Å². The summed E-state index contributed by atoms with van der Waals surface area (Å²) in [6, 6.07) is 6.21. The maximum absolute atomic E-state index is 10.5. The van der Waals surface area contributed by atoms with Crippen LogP contribution in [-0.4, -0.2) is 20.2 Å². The monoisotopic (exact) mass is 244 g/mol. The van der Waals surface area contributed by atoms with E-state index in [0.717, 1.165) is 0 Å². The summed E-state index contributed by atoms with van der Waals surface area (Å²) in [5.41, 5.74) is -0.00208. The number of nitro groups is 1. The summed E-state index contributed by atoms with van der Waals surface area (Å²) < 4.78 is 4.93. The SMILES string of the molecule is N#CO[Se]c1ccccc1[N+](=O)[O-]. The molecule has 1 rings (SSSR count). The van der Waals surface area contributed by atoms with Crippen LogP contribution in [0.15, 0.2) is 24.3 Å². The molecule has 0 radical (unpaired) electrons. The number of benzene rings is 1. The van der Waals surface area contributed by atoms with E-state index in [1.54, 1.807) is 18.2 Å². The number of hydrogen-bond donors (Lipinski definition) is 0. The van der Waals surface area contributed by atoms with Crippen molar-refractivity contribution in [2.45, 2.75) is 0 Å². The minimum absolute atomic E-state index is 0.00208. The van der Waals surface area contributed by atoms with E-state index >= 15 is 0 Å². The van der Waals surface area contributed by atoms with Gasteiger partial charge in [-0.15, -0.1) is 0 Å². The van der Waals surface area contributed by atoms with Crippen LogP contribution >= 0.6 is 0 Å². The van der Waals surface area contributed by atoms with Gasteiger partial charge in [-0.25, -0.2) is 0 Å². The zero-order valence-electron chi connectivity index (χ0n) is 6.34. The van der Waals surface area contributed by atoms with Crippen LogP contribution < -0.4 is 4.46 Å². The van der Waals surface area contributed by atoms with Crippen LogP contribution in [0.3, 0.4) is 0 Å². The number of rotatable bonds is 3. The molecular formula is C7H4N2O3Se. The predicted molar refractivity (Wildman–Crippen MR) is 45.2 cm³/mol. The van der Waals surface area contributed by atoms with Gasteiger partial charge in [-0.3, -0.25) is 0 Å². The fraction of sp³-hybridized carbons (Fsp3) is 0. The molecule has 0 unspecified atom stereocenters. The fourth-order valence-electron chi connectivity index (χ4n) is 0.742. The molecule has 13 heavy (non-hydrogen) atoms. The van der Waals surface area contributed by atoms with Crippen molar-refractivity contribution in [1.82, 2.24) is 0 Å². The molecule has 0 saturated carbocycles. The summed E-state index contributed by atoms with van der Waals surface area (Å²) in [4.78, 5) is 9.97. The summed E-state index contributed by atoms with van der Waals surface area (Å²) in [6.45, 7) is 0. The maximum atomic E-state index is 10.5. The molecule has 66 valence electrons. The predicted octanol–water partition coefficient (Wildman–Crippen LogP) is 0.337. The van der Waals surface area contributed by atoms with Crippen LogP contribution in [0.1, 0.15) is 0 Å². The van der Waals surface area contributed by atoms with Crippen LogP contribution in [0, 0.1) is 21.6 Å². The van der Waals surface area contributed by atoms with E-state index in [4.69, 9.17) is 5.26 Å².